The molecule has 0 radical (unpaired) electrons. The van der Waals surface area contributed by atoms with Crippen LogP contribution in [-0.2, 0) is 11.2 Å². The summed E-state index contributed by atoms with van der Waals surface area (Å²) in [6, 6.07) is 15.8. The Kier molecular flexibility index (Phi) is 5.51. The van der Waals surface area contributed by atoms with Gasteiger partial charge < -0.3 is 14.7 Å². The molecule has 2 atom stereocenters. The van der Waals surface area contributed by atoms with Crippen molar-refractivity contribution in [3.63, 3.8) is 0 Å². The Morgan fingerprint density at radius 3 is 2.52 bits per heavy atom. The summed E-state index contributed by atoms with van der Waals surface area (Å²) in [5.41, 5.74) is 4.10. The number of nitrogens with zero attached hydrogens (tertiary/aromatic N) is 1. The highest BCUT2D eigenvalue weighted by Gasteiger charge is 2.34. The molecule has 1 aliphatic heterocycles. The van der Waals surface area contributed by atoms with Gasteiger partial charge in [0.1, 0.15) is 0 Å². The van der Waals surface area contributed by atoms with Crippen molar-refractivity contribution in [3.8, 4) is 0 Å². The van der Waals surface area contributed by atoms with E-state index in [-0.39, 0.29) is 11.9 Å². The molecule has 1 heterocycles. The normalized spacial score (nSPS) is 19.8. The Balaban J connectivity index is 1.86. The van der Waals surface area contributed by atoms with Crippen molar-refractivity contribution in [1.82, 2.24) is 4.90 Å². The molecule has 1 fully saturated rings. The van der Waals surface area contributed by atoms with E-state index in [9.17, 15) is 9.90 Å². The highest BCUT2D eigenvalue weighted by atomic mass is 16.5. The molecule has 4 nitrogen and oxygen atoms in total. The summed E-state index contributed by atoms with van der Waals surface area (Å²) in [7, 11) is 0. The smallest absolute Gasteiger partial charge is 0.254 e. The molecule has 0 saturated carbocycles. The third-order valence-electron chi connectivity index (χ3n) is 4.79. The average molecular weight is 339 g/mol. The van der Waals surface area contributed by atoms with Gasteiger partial charge in [-0.15, -0.1) is 0 Å². The van der Waals surface area contributed by atoms with Gasteiger partial charge in [-0.2, -0.15) is 0 Å². The number of aliphatic hydroxyl groups excluding tert-OH is 1. The largest absolute Gasteiger partial charge is 0.388 e. The van der Waals surface area contributed by atoms with Gasteiger partial charge in [-0.05, 0) is 37.5 Å². The fraction of sp³-hybridized carbons (Fsp3) is 0.381. The Labute approximate surface area is 149 Å². The number of rotatable bonds is 5. The SMILES string of the molecule is CCN(C(=O)c1ccccc1Cc1ccc(C)cc1)[C@@H]1COC[C@H]1O. The number of hydrogen-bond donors (Lipinski definition) is 1. The van der Waals surface area contributed by atoms with Gasteiger partial charge in [0.25, 0.3) is 5.91 Å². The molecule has 1 N–H and O–H groups in total. The van der Waals surface area contributed by atoms with Crippen molar-refractivity contribution in [2.24, 2.45) is 0 Å². The molecule has 132 valence electrons. The maximum absolute atomic E-state index is 13.1. The fourth-order valence-corrected chi connectivity index (χ4v) is 3.32. The summed E-state index contributed by atoms with van der Waals surface area (Å²) in [4.78, 5) is 14.9. The van der Waals surface area contributed by atoms with Crippen molar-refractivity contribution >= 4 is 5.91 Å². The summed E-state index contributed by atoms with van der Waals surface area (Å²) >= 11 is 0. The van der Waals surface area contributed by atoms with Crippen LogP contribution in [0, 0.1) is 6.92 Å². The number of aliphatic hydroxyl groups is 1. The van der Waals surface area contributed by atoms with Gasteiger partial charge in [-0.25, -0.2) is 0 Å². The van der Waals surface area contributed by atoms with Crippen molar-refractivity contribution < 1.29 is 14.6 Å². The van der Waals surface area contributed by atoms with Crippen LogP contribution in [0.25, 0.3) is 0 Å². The molecule has 1 aliphatic rings. The molecule has 1 amide bonds. The number of hydrogen-bond acceptors (Lipinski definition) is 3. The predicted octanol–water partition coefficient (Wildman–Crippen LogP) is 2.81. The fourth-order valence-electron chi connectivity index (χ4n) is 3.32. The third kappa shape index (κ3) is 3.91. The highest BCUT2D eigenvalue weighted by Crippen LogP contribution is 2.21. The minimum Gasteiger partial charge on any atom is -0.388 e. The monoisotopic (exact) mass is 339 g/mol. The minimum absolute atomic E-state index is 0.0419. The third-order valence-corrected chi connectivity index (χ3v) is 4.79. The number of carbonyl (C=O) groups is 1. The second-order valence-electron chi connectivity index (χ2n) is 6.58. The molecule has 25 heavy (non-hydrogen) atoms. The van der Waals surface area contributed by atoms with Crippen molar-refractivity contribution in [2.75, 3.05) is 19.8 Å². The van der Waals surface area contributed by atoms with Crippen LogP contribution in [0.5, 0.6) is 0 Å². The van der Waals surface area contributed by atoms with Gasteiger partial charge in [0, 0.05) is 12.1 Å². The van der Waals surface area contributed by atoms with E-state index in [2.05, 4.69) is 31.2 Å². The molecule has 2 aromatic carbocycles. The number of carbonyl (C=O) groups excluding carboxylic acids is 1. The van der Waals surface area contributed by atoms with Gasteiger partial charge in [-0.3, -0.25) is 4.79 Å². The van der Waals surface area contributed by atoms with Crippen molar-refractivity contribution in [2.45, 2.75) is 32.4 Å². The van der Waals surface area contributed by atoms with Crippen molar-refractivity contribution in [1.29, 1.82) is 0 Å². The Morgan fingerprint density at radius 2 is 1.88 bits per heavy atom. The van der Waals surface area contributed by atoms with Crippen LogP contribution in [0.3, 0.4) is 0 Å². The van der Waals surface area contributed by atoms with Gasteiger partial charge in [0.15, 0.2) is 0 Å². The standard InChI is InChI=1S/C21H25NO3/c1-3-22(19-13-25-14-20(19)23)21(24)18-7-5-4-6-17(18)12-16-10-8-15(2)9-11-16/h4-11,19-20,23H,3,12-14H2,1-2H3/t19-,20-/m1/s1. The van der Waals surface area contributed by atoms with E-state index in [1.165, 1.54) is 11.1 Å². The predicted molar refractivity (Wildman–Crippen MR) is 97.8 cm³/mol. The first-order valence-corrected chi connectivity index (χ1v) is 8.80. The number of likely N-dealkylation sites (N-methyl/N-ethyl adjacent to an activating group) is 1. The molecule has 1 saturated heterocycles. The molecular formula is C21H25NO3. The molecule has 3 rings (SSSR count). The molecule has 0 bridgehead atoms. The molecule has 0 spiro atoms. The van der Waals surface area contributed by atoms with Crippen LogP contribution in [0.2, 0.25) is 0 Å². The lowest BCUT2D eigenvalue weighted by molar-refractivity contribution is 0.0519. The summed E-state index contributed by atoms with van der Waals surface area (Å²) in [5, 5.41) is 10.1. The van der Waals surface area contributed by atoms with Crippen LogP contribution in [0.4, 0.5) is 0 Å². The van der Waals surface area contributed by atoms with E-state index in [1.807, 2.05) is 31.2 Å². The Morgan fingerprint density at radius 1 is 1.16 bits per heavy atom. The van der Waals surface area contributed by atoms with Crippen LogP contribution in [0.1, 0.15) is 34.0 Å². The molecule has 0 unspecified atom stereocenters. The van der Waals surface area contributed by atoms with Crippen LogP contribution in [0.15, 0.2) is 48.5 Å². The van der Waals surface area contributed by atoms with E-state index in [4.69, 9.17) is 4.74 Å². The molecule has 4 heteroatoms. The second-order valence-corrected chi connectivity index (χ2v) is 6.58. The van der Waals surface area contributed by atoms with E-state index in [0.29, 0.717) is 31.7 Å². The van der Waals surface area contributed by atoms with E-state index >= 15 is 0 Å². The Hall–Kier alpha value is -2.17. The zero-order chi connectivity index (χ0) is 17.8. The maximum Gasteiger partial charge on any atom is 0.254 e. The minimum atomic E-state index is -0.617. The van der Waals surface area contributed by atoms with Crippen LogP contribution >= 0.6 is 0 Å². The molecular weight excluding hydrogens is 314 g/mol. The summed E-state index contributed by atoms with van der Waals surface area (Å²) in [5.74, 6) is -0.0419. The van der Waals surface area contributed by atoms with Crippen LogP contribution < -0.4 is 0 Å². The van der Waals surface area contributed by atoms with E-state index < -0.39 is 6.10 Å². The molecule has 0 aliphatic carbocycles. The number of aryl methyl sites for hydroxylation is 1. The first-order valence-electron chi connectivity index (χ1n) is 8.80. The lowest BCUT2D eigenvalue weighted by atomic mass is 9.97. The van der Waals surface area contributed by atoms with Gasteiger partial charge >= 0.3 is 0 Å². The lowest BCUT2D eigenvalue weighted by Crippen LogP contribution is -2.46. The number of ether oxygens (including phenoxy) is 1. The summed E-state index contributed by atoms with van der Waals surface area (Å²) in [6.45, 7) is 5.23. The maximum atomic E-state index is 13.1. The quantitative estimate of drug-likeness (QED) is 0.911. The van der Waals surface area contributed by atoms with Gasteiger partial charge in [0.05, 0.1) is 25.4 Å². The first-order chi connectivity index (χ1) is 12.1. The van der Waals surface area contributed by atoms with Gasteiger partial charge in [0.2, 0.25) is 0 Å². The van der Waals surface area contributed by atoms with E-state index in [1.54, 1.807) is 4.90 Å². The molecule has 2 aromatic rings. The van der Waals surface area contributed by atoms with Crippen LogP contribution in [-0.4, -0.2) is 47.8 Å². The molecule has 0 aromatic heterocycles. The van der Waals surface area contributed by atoms with E-state index in [0.717, 1.165) is 5.56 Å². The van der Waals surface area contributed by atoms with Gasteiger partial charge in [-0.1, -0.05) is 48.0 Å². The summed E-state index contributed by atoms with van der Waals surface area (Å²) < 4.78 is 5.33. The topological polar surface area (TPSA) is 49.8 Å². The highest BCUT2D eigenvalue weighted by molar-refractivity contribution is 5.96. The second kappa shape index (κ2) is 7.81. The number of benzene rings is 2. The first kappa shape index (κ1) is 17.6. The lowest BCUT2D eigenvalue weighted by Gasteiger charge is -2.29. The Bertz CT molecular complexity index is 726. The summed E-state index contributed by atoms with van der Waals surface area (Å²) in [6.07, 6.45) is 0.0943. The zero-order valence-electron chi connectivity index (χ0n) is 14.8. The number of amides is 1. The van der Waals surface area contributed by atoms with Crippen molar-refractivity contribution in [3.05, 3.63) is 70.8 Å². The zero-order valence-corrected chi connectivity index (χ0v) is 14.8. The average Bonchev–Trinajstić information content (AvgIpc) is 3.04.